The molecule has 210 valence electrons. The van der Waals surface area contributed by atoms with Gasteiger partial charge in [0.2, 0.25) is 5.91 Å². The van der Waals surface area contributed by atoms with E-state index < -0.39 is 17.6 Å². The molecule has 10 heteroatoms. The third kappa shape index (κ3) is 7.25. The SMILES string of the molecule is CC(C)CN(CC(C)C)c1ccc(-c2ccccc2-c2nnn[nH]2)cc1NC(=O)Cc1cccc(C(F)(F)F)c1. The van der Waals surface area contributed by atoms with Crippen LogP contribution in [0.5, 0.6) is 0 Å². The number of H-pyrrole nitrogens is 1. The molecule has 0 saturated heterocycles. The molecule has 2 N–H and O–H groups in total. The standard InChI is InChI=1S/C30H33F3N6O/c1-19(2)17-39(18-20(3)4)27-13-12-22(24-10-5-6-11-25(24)29-35-37-38-36-29)16-26(27)34-28(40)15-21-8-7-9-23(14-21)30(31,32)33/h5-14,16,19-20H,15,17-18H2,1-4H3,(H,34,40)(H,35,36,37,38). The Morgan fingerprint density at radius 1 is 0.925 bits per heavy atom. The van der Waals surface area contributed by atoms with Crippen molar-refractivity contribution in [2.75, 3.05) is 23.3 Å². The van der Waals surface area contributed by atoms with Crippen molar-refractivity contribution in [3.63, 3.8) is 0 Å². The molecule has 0 spiro atoms. The Labute approximate surface area is 231 Å². The zero-order valence-electron chi connectivity index (χ0n) is 23.0. The van der Waals surface area contributed by atoms with Crippen LogP contribution in [0.4, 0.5) is 24.5 Å². The molecule has 4 aromatic rings. The fraction of sp³-hybridized carbons (Fsp3) is 0.333. The fourth-order valence-corrected chi connectivity index (χ4v) is 4.68. The van der Waals surface area contributed by atoms with E-state index in [0.29, 0.717) is 23.3 Å². The summed E-state index contributed by atoms with van der Waals surface area (Å²) in [5.41, 5.74) is 3.43. The van der Waals surface area contributed by atoms with Crippen molar-refractivity contribution >= 4 is 17.3 Å². The summed E-state index contributed by atoms with van der Waals surface area (Å²) in [6.45, 7) is 10.1. The second-order valence-electron chi connectivity index (χ2n) is 10.6. The normalized spacial score (nSPS) is 11.7. The van der Waals surface area contributed by atoms with Crippen LogP contribution < -0.4 is 10.2 Å². The number of hydrogen-bond acceptors (Lipinski definition) is 5. The van der Waals surface area contributed by atoms with Crippen molar-refractivity contribution in [1.82, 2.24) is 20.6 Å². The molecule has 0 fully saturated rings. The van der Waals surface area contributed by atoms with E-state index in [9.17, 15) is 18.0 Å². The Hall–Kier alpha value is -4.21. The van der Waals surface area contributed by atoms with E-state index in [1.807, 2.05) is 42.5 Å². The van der Waals surface area contributed by atoms with Crippen LogP contribution in [0, 0.1) is 11.8 Å². The number of carbonyl (C=O) groups excluding carboxylic acids is 1. The summed E-state index contributed by atoms with van der Waals surface area (Å²) in [5, 5.41) is 17.2. The summed E-state index contributed by atoms with van der Waals surface area (Å²) < 4.78 is 39.7. The summed E-state index contributed by atoms with van der Waals surface area (Å²) in [5.74, 6) is 0.842. The number of nitrogens with one attached hydrogen (secondary N) is 2. The summed E-state index contributed by atoms with van der Waals surface area (Å²) in [6, 6.07) is 18.4. The highest BCUT2D eigenvalue weighted by Gasteiger charge is 2.30. The van der Waals surface area contributed by atoms with E-state index in [4.69, 9.17) is 0 Å². The number of alkyl halides is 3. The van der Waals surface area contributed by atoms with Gasteiger partial charge in [-0.2, -0.15) is 13.2 Å². The molecule has 7 nitrogen and oxygen atoms in total. The first kappa shape index (κ1) is 28.8. The van der Waals surface area contributed by atoms with Crippen LogP contribution >= 0.6 is 0 Å². The second kappa shape index (κ2) is 12.3. The molecule has 1 amide bonds. The average Bonchev–Trinajstić information content (AvgIpc) is 3.42. The molecular formula is C30H33F3N6O. The minimum atomic E-state index is -4.48. The Morgan fingerprint density at radius 3 is 2.25 bits per heavy atom. The highest BCUT2D eigenvalue weighted by Crippen LogP contribution is 2.36. The predicted molar refractivity (Wildman–Crippen MR) is 151 cm³/mol. The molecule has 0 aliphatic heterocycles. The van der Waals surface area contributed by atoms with Gasteiger partial charge in [-0.15, -0.1) is 5.10 Å². The predicted octanol–water partition coefficient (Wildman–Crippen LogP) is 6.85. The van der Waals surface area contributed by atoms with Gasteiger partial charge in [0.25, 0.3) is 0 Å². The van der Waals surface area contributed by atoms with Crippen LogP contribution in [0.15, 0.2) is 66.7 Å². The summed E-state index contributed by atoms with van der Waals surface area (Å²) in [7, 11) is 0. The fourth-order valence-electron chi connectivity index (χ4n) is 4.68. The van der Waals surface area contributed by atoms with Gasteiger partial charge in [0.15, 0.2) is 5.82 Å². The van der Waals surface area contributed by atoms with E-state index in [1.54, 1.807) is 0 Å². The van der Waals surface area contributed by atoms with Gasteiger partial charge >= 0.3 is 6.18 Å². The van der Waals surface area contributed by atoms with Gasteiger partial charge in [0.1, 0.15) is 0 Å². The number of carbonyl (C=O) groups is 1. The first-order chi connectivity index (χ1) is 19.0. The van der Waals surface area contributed by atoms with Crippen LogP contribution in [0.25, 0.3) is 22.5 Å². The van der Waals surface area contributed by atoms with Crippen molar-refractivity contribution in [3.8, 4) is 22.5 Å². The summed E-state index contributed by atoms with van der Waals surface area (Å²) in [4.78, 5) is 15.5. The molecular weight excluding hydrogens is 517 g/mol. The van der Waals surface area contributed by atoms with Crippen molar-refractivity contribution in [1.29, 1.82) is 0 Å². The van der Waals surface area contributed by atoms with Crippen LogP contribution in [0.3, 0.4) is 0 Å². The number of aromatic amines is 1. The Morgan fingerprint density at radius 2 is 1.62 bits per heavy atom. The zero-order chi connectivity index (χ0) is 28.9. The number of halogens is 3. The maximum atomic E-state index is 13.2. The lowest BCUT2D eigenvalue weighted by molar-refractivity contribution is -0.137. The Bertz CT molecular complexity index is 1420. The molecule has 0 aliphatic rings. The smallest absolute Gasteiger partial charge is 0.369 e. The molecule has 40 heavy (non-hydrogen) atoms. The first-order valence-electron chi connectivity index (χ1n) is 13.2. The molecule has 0 aliphatic carbocycles. The van der Waals surface area contributed by atoms with E-state index in [0.717, 1.165) is 47.6 Å². The first-order valence-corrected chi connectivity index (χ1v) is 13.2. The summed E-state index contributed by atoms with van der Waals surface area (Å²) >= 11 is 0. The molecule has 1 aromatic heterocycles. The zero-order valence-corrected chi connectivity index (χ0v) is 23.0. The van der Waals surface area contributed by atoms with Crippen molar-refractivity contribution in [2.45, 2.75) is 40.3 Å². The van der Waals surface area contributed by atoms with Gasteiger partial charge < -0.3 is 10.2 Å². The van der Waals surface area contributed by atoms with Gasteiger partial charge in [-0.05, 0) is 57.2 Å². The molecule has 0 atom stereocenters. The molecule has 1 heterocycles. The van der Waals surface area contributed by atoms with Crippen molar-refractivity contribution < 1.29 is 18.0 Å². The third-order valence-corrected chi connectivity index (χ3v) is 6.24. The third-order valence-electron chi connectivity index (χ3n) is 6.24. The minimum absolute atomic E-state index is 0.192. The van der Waals surface area contributed by atoms with Crippen molar-refractivity contribution in [3.05, 3.63) is 77.9 Å². The molecule has 4 rings (SSSR count). The highest BCUT2D eigenvalue weighted by atomic mass is 19.4. The van der Waals surface area contributed by atoms with E-state index in [2.05, 4.69) is 58.5 Å². The van der Waals surface area contributed by atoms with Gasteiger partial charge in [-0.3, -0.25) is 4.79 Å². The largest absolute Gasteiger partial charge is 0.416 e. The maximum absolute atomic E-state index is 13.2. The lowest BCUT2D eigenvalue weighted by atomic mass is 9.97. The number of amides is 1. The van der Waals surface area contributed by atoms with Gasteiger partial charge in [0, 0.05) is 18.7 Å². The van der Waals surface area contributed by atoms with Gasteiger partial charge in [-0.1, -0.05) is 76.2 Å². The van der Waals surface area contributed by atoms with E-state index >= 15 is 0 Å². The Kier molecular flexibility index (Phi) is 8.86. The number of benzene rings is 3. The number of hydrogen-bond donors (Lipinski definition) is 2. The van der Waals surface area contributed by atoms with Crippen LogP contribution in [-0.4, -0.2) is 39.6 Å². The lowest BCUT2D eigenvalue weighted by Crippen LogP contribution is -2.32. The van der Waals surface area contributed by atoms with E-state index in [-0.39, 0.29) is 12.0 Å². The number of aromatic nitrogens is 4. The van der Waals surface area contributed by atoms with E-state index in [1.165, 1.54) is 12.1 Å². The van der Waals surface area contributed by atoms with Crippen LogP contribution in [0.2, 0.25) is 0 Å². The lowest BCUT2D eigenvalue weighted by Gasteiger charge is -2.31. The van der Waals surface area contributed by atoms with Gasteiger partial charge in [-0.25, -0.2) is 5.10 Å². The van der Waals surface area contributed by atoms with Crippen LogP contribution in [-0.2, 0) is 17.4 Å². The second-order valence-corrected chi connectivity index (χ2v) is 10.6. The number of anilines is 2. The number of rotatable bonds is 10. The summed E-state index contributed by atoms with van der Waals surface area (Å²) in [6.07, 6.45) is -4.67. The molecule has 0 saturated carbocycles. The monoisotopic (exact) mass is 550 g/mol. The molecule has 0 unspecified atom stereocenters. The highest BCUT2D eigenvalue weighted by molar-refractivity contribution is 5.97. The number of nitrogens with zero attached hydrogens (tertiary/aromatic N) is 4. The number of tetrazole rings is 1. The molecule has 0 radical (unpaired) electrons. The quantitative estimate of drug-likeness (QED) is 0.225. The van der Waals surface area contributed by atoms with Gasteiger partial charge in [0.05, 0.1) is 23.4 Å². The molecule has 3 aromatic carbocycles. The average molecular weight is 551 g/mol. The minimum Gasteiger partial charge on any atom is -0.369 e. The molecule has 0 bridgehead atoms. The van der Waals surface area contributed by atoms with Crippen LogP contribution in [0.1, 0.15) is 38.8 Å². The maximum Gasteiger partial charge on any atom is 0.416 e. The van der Waals surface area contributed by atoms with Crippen molar-refractivity contribution in [2.24, 2.45) is 11.8 Å². The topological polar surface area (TPSA) is 86.8 Å². The Balaban J connectivity index is 1.73.